The Kier molecular flexibility index (Phi) is 3.62. The predicted molar refractivity (Wildman–Crippen MR) is 73.1 cm³/mol. The molecule has 0 spiro atoms. The van der Waals surface area contributed by atoms with Crippen molar-refractivity contribution in [3.8, 4) is 0 Å². The summed E-state index contributed by atoms with van der Waals surface area (Å²) in [5, 5.41) is 3.83. The molecule has 0 saturated heterocycles. The Hall–Kier alpha value is -1.48. The molecule has 1 aromatic carbocycles. The summed E-state index contributed by atoms with van der Waals surface area (Å²) in [4.78, 5) is 12.1. The van der Waals surface area contributed by atoms with Gasteiger partial charge in [-0.25, -0.2) is 0 Å². The number of halogens is 1. The van der Waals surface area contributed by atoms with Gasteiger partial charge in [0.1, 0.15) is 5.58 Å². The van der Waals surface area contributed by atoms with Gasteiger partial charge in [0.25, 0.3) is 5.91 Å². The van der Waals surface area contributed by atoms with Crippen LogP contribution in [0.1, 0.15) is 30.8 Å². The summed E-state index contributed by atoms with van der Waals surface area (Å²) in [6, 6.07) is 9.29. The summed E-state index contributed by atoms with van der Waals surface area (Å²) in [7, 11) is 0. The van der Waals surface area contributed by atoms with Crippen molar-refractivity contribution in [2.24, 2.45) is 0 Å². The average molecular weight is 266 g/mol. The van der Waals surface area contributed by atoms with Crippen molar-refractivity contribution in [2.75, 3.05) is 5.88 Å². The molecule has 1 N–H and O–H groups in total. The first-order valence-electron chi connectivity index (χ1n) is 5.95. The highest BCUT2D eigenvalue weighted by atomic mass is 35.5. The molecule has 96 valence electrons. The van der Waals surface area contributed by atoms with Gasteiger partial charge in [0.05, 0.1) is 5.54 Å². The maximum Gasteiger partial charge on any atom is 0.287 e. The zero-order valence-electron chi connectivity index (χ0n) is 10.5. The van der Waals surface area contributed by atoms with Crippen molar-refractivity contribution in [2.45, 2.75) is 25.8 Å². The first kappa shape index (κ1) is 13.0. The van der Waals surface area contributed by atoms with Gasteiger partial charge in [-0.15, -0.1) is 11.6 Å². The number of hydrogen-bond donors (Lipinski definition) is 1. The van der Waals surface area contributed by atoms with Gasteiger partial charge in [-0.05, 0) is 25.5 Å². The Labute approximate surface area is 111 Å². The largest absolute Gasteiger partial charge is 0.451 e. The molecule has 1 aromatic heterocycles. The molecule has 0 saturated carbocycles. The number of carbonyl (C=O) groups excluding carboxylic acids is 1. The number of benzene rings is 1. The molecule has 3 nitrogen and oxygen atoms in total. The van der Waals surface area contributed by atoms with Gasteiger partial charge < -0.3 is 9.73 Å². The minimum absolute atomic E-state index is 0.226. The summed E-state index contributed by atoms with van der Waals surface area (Å²) in [6.45, 7) is 3.90. The van der Waals surface area contributed by atoms with E-state index in [1.54, 1.807) is 6.07 Å². The van der Waals surface area contributed by atoms with Gasteiger partial charge in [-0.3, -0.25) is 4.79 Å². The van der Waals surface area contributed by atoms with Crippen LogP contribution in [0, 0.1) is 0 Å². The third kappa shape index (κ3) is 2.51. The van der Waals surface area contributed by atoms with Crippen molar-refractivity contribution in [3.63, 3.8) is 0 Å². The Balaban J connectivity index is 2.23. The second kappa shape index (κ2) is 5.02. The standard InChI is InChI=1S/C14H16ClNO2/c1-3-14(2,9-15)16-13(17)12-8-10-6-4-5-7-11(10)18-12/h4-8H,3,9H2,1-2H3,(H,16,17). The minimum atomic E-state index is -0.405. The van der Waals surface area contributed by atoms with Crippen molar-refractivity contribution < 1.29 is 9.21 Å². The Morgan fingerprint density at radius 3 is 2.78 bits per heavy atom. The molecule has 0 aliphatic carbocycles. The van der Waals surface area contributed by atoms with Gasteiger partial charge >= 0.3 is 0 Å². The van der Waals surface area contributed by atoms with E-state index in [4.69, 9.17) is 16.0 Å². The van der Waals surface area contributed by atoms with Gasteiger partial charge in [-0.2, -0.15) is 0 Å². The lowest BCUT2D eigenvalue weighted by Crippen LogP contribution is -2.46. The van der Waals surface area contributed by atoms with Crippen LogP contribution < -0.4 is 5.32 Å². The van der Waals surface area contributed by atoms with E-state index >= 15 is 0 Å². The summed E-state index contributed by atoms with van der Waals surface area (Å²) in [5.74, 6) is 0.465. The van der Waals surface area contributed by atoms with E-state index in [0.717, 1.165) is 11.8 Å². The van der Waals surface area contributed by atoms with Crippen LogP contribution in [0.5, 0.6) is 0 Å². The van der Waals surface area contributed by atoms with Crippen LogP contribution >= 0.6 is 11.6 Å². The van der Waals surface area contributed by atoms with Crippen LogP contribution in [-0.2, 0) is 0 Å². The van der Waals surface area contributed by atoms with E-state index in [1.807, 2.05) is 38.1 Å². The van der Waals surface area contributed by atoms with Gasteiger partial charge in [0.2, 0.25) is 0 Å². The average Bonchev–Trinajstić information content (AvgIpc) is 2.82. The van der Waals surface area contributed by atoms with Gasteiger partial charge in [-0.1, -0.05) is 25.1 Å². The van der Waals surface area contributed by atoms with Crippen LogP contribution in [0.25, 0.3) is 11.0 Å². The fourth-order valence-electron chi connectivity index (χ4n) is 1.65. The zero-order valence-corrected chi connectivity index (χ0v) is 11.3. The number of furan rings is 1. The maximum atomic E-state index is 12.1. The van der Waals surface area contributed by atoms with Crippen LogP contribution in [-0.4, -0.2) is 17.3 Å². The van der Waals surface area contributed by atoms with Crippen LogP contribution in [0.4, 0.5) is 0 Å². The molecule has 2 aromatic rings. The number of hydrogen-bond acceptors (Lipinski definition) is 2. The lowest BCUT2D eigenvalue weighted by molar-refractivity contribution is 0.0886. The number of carbonyl (C=O) groups is 1. The Morgan fingerprint density at radius 2 is 2.17 bits per heavy atom. The number of rotatable bonds is 4. The SMILES string of the molecule is CCC(C)(CCl)NC(=O)c1cc2ccccc2o1. The van der Waals surface area contributed by atoms with E-state index < -0.39 is 5.54 Å². The molecule has 0 radical (unpaired) electrons. The monoisotopic (exact) mass is 265 g/mol. The highest BCUT2D eigenvalue weighted by Crippen LogP contribution is 2.20. The molecule has 1 unspecified atom stereocenters. The lowest BCUT2D eigenvalue weighted by atomic mass is 10.0. The molecule has 4 heteroatoms. The Bertz CT molecular complexity index is 525. The first-order chi connectivity index (χ1) is 8.58. The van der Waals surface area contributed by atoms with Crippen molar-refractivity contribution in [1.82, 2.24) is 5.32 Å². The smallest absolute Gasteiger partial charge is 0.287 e. The molecule has 2 rings (SSSR count). The molecule has 0 aliphatic heterocycles. The highest BCUT2D eigenvalue weighted by Gasteiger charge is 2.25. The fraction of sp³-hybridized carbons (Fsp3) is 0.357. The van der Waals surface area contributed by atoms with E-state index in [-0.39, 0.29) is 5.91 Å². The molecule has 1 amide bonds. The van der Waals surface area contributed by atoms with Crippen molar-refractivity contribution in [3.05, 3.63) is 36.1 Å². The Morgan fingerprint density at radius 1 is 1.44 bits per heavy atom. The lowest BCUT2D eigenvalue weighted by Gasteiger charge is -2.26. The van der Waals surface area contributed by atoms with Gasteiger partial charge in [0, 0.05) is 11.3 Å². The van der Waals surface area contributed by atoms with Crippen LogP contribution in [0.3, 0.4) is 0 Å². The van der Waals surface area contributed by atoms with E-state index in [9.17, 15) is 4.79 Å². The van der Waals surface area contributed by atoms with Crippen LogP contribution in [0.15, 0.2) is 34.7 Å². The van der Waals surface area contributed by atoms with E-state index in [1.165, 1.54) is 0 Å². The van der Waals surface area contributed by atoms with Gasteiger partial charge in [0.15, 0.2) is 5.76 Å². The number of nitrogens with one attached hydrogen (secondary N) is 1. The number of amides is 1. The second-order valence-corrected chi connectivity index (χ2v) is 4.92. The quantitative estimate of drug-likeness (QED) is 0.859. The molecule has 0 bridgehead atoms. The van der Waals surface area contributed by atoms with E-state index in [2.05, 4.69) is 5.32 Å². The number of fused-ring (bicyclic) bond motifs is 1. The summed E-state index contributed by atoms with van der Waals surface area (Å²) < 4.78 is 5.51. The summed E-state index contributed by atoms with van der Waals surface area (Å²) in [5.41, 5.74) is 0.309. The normalized spacial score (nSPS) is 14.4. The highest BCUT2D eigenvalue weighted by molar-refractivity contribution is 6.18. The second-order valence-electron chi connectivity index (χ2n) is 4.65. The molecule has 1 atom stereocenters. The maximum absolute atomic E-state index is 12.1. The first-order valence-corrected chi connectivity index (χ1v) is 6.48. The topological polar surface area (TPSA) is 42.2 Å². The fourth-order valence-corrected chi connectivity index (χ4v) is 1.90. The number of para-hydroxylation sites is 1. The molecule has 0 aliphatic rings. The van der Waals surface area contributed by atoms with Crippen molar-refractivity contribution in [1.29, 1.82) is 0 Å². The number of alkyl halides is 1. The summed E-state index contributed by atoms with van der Waals surface area (Å²) >= 11 is 5.87. The van der Waals surface area contributed by atoms with Crippen LogP contribution in [0.2, 0.25) is 0 Å². The molecule has 1 heterocycles. The predicted octanol–water partition coefficient (Wildman–Crippen LogP) is 3.57. The molecule has 0 fully saturated rings. The van der Waals surface area contributed by atoms with Crippen molar-refractivity contribution >= 4 is 28.5 Å². The minimum Gasteiger partial charge on any atom is -0.451 e. The molecular formula is C14H16ClNO2. The third-order valence-electron chi connectivity index (χ3n) is 3.14. The molecule has 18 heavy (non-hydrogen) atoms. The zero-order chi connectivity index (χ0) is 13.2. The molecular weight excluding hydrogens is 250 g/mol. The third-order valence-corrected chi connectivity index (χ3v) is 3.73. The van der Waals surface area contributed by atoms with E-state index in [0.29, 0.717) is 17.2 Å². The summed E-state index contributed by atoms with van der Waals surface area (Å²) in [6.07, 6.45) is 0.766.